The van der Waals surface area contributed by atoms with E-state index >= 15 is 0 Å². The van der Waals surface area contributed by atoms with Gasteiger partial charge in [0.2, 0.25) is 0 Å². The number of rotatable bonds is 3. The van der Waals surface area contributed by atoms with E-state index in [-0.39, 0.29) is 5.56 Å². The maximum atomic E-state index is 12.4. The predicted octanol–water partition coefficient (Wildman–Crippen LogP) is 3.07. The van der Waals surface area contributed by atoms with Crippen LogP contribution in [0.5, 0.6) is 0 Å². The van der Waals surface area contributed by atoms with Crippen LogP contribution in [0.25, 0.3) is 22.5 Å². The summed E-state index contributed by atoms with van der Waals surface area (Å²) in [5.74, 6) is 1.08. The van der Waals surface area contributed by atoms with Crippen LogP contribution in [-0.2, 0) is 19.5 Å². The maximum Gasteiger partial charge on any atom is 0.254 e. The Hall–Kier alpha value is -3.12. The van der Waals surface area contributed by atoms with Crippen molar-refractivity contribution in [2.24, 2.45) is 0 Å². The third-order valence-corrected chi connectivity index (χ3v) is 4.99. The molecule has 0 spiro atoms. The number of hydrogen-bond donors (Lipinski definition) is 2. The SMILES string of the molecule is O=c1[nH]c(-c2ccco2)nc2c1CCN(Cc1cccc3[nH]ccc13)C2. The normalized spacial score (nSPS) is 14.6. The first-order valence-corrected chi connectivity index (χ1v) is 8.71. The molecule has 2 N–H and O–H groups in total. The highest BCUT2D eigenvalue weighted by Gasteiger charge is 2.22. The third kappa shape index (κ3) is 2.55. The van der Waals surface area contributed by atoms with E-state index in [1.807, 2.05) is 6.20 Å². The van der Waals surface area contributed by atoms with Gasteiger partial charge in [-0.25, -0.2) is 4.98 Å². The molecule has 26 heavy (non-hydrogen) atoms. The predicted molar refractivity (Wildman–Crippen MR) is 98.7 cm³/mol. The minimum atomic E-state index is -0.0613. The van der Waals surface area contributed by atoms with Gasteiger partial charge in [0, 0.05) is 42.3 Å². The zero-order chi connectivity index (χ0) is 17.5. The molecule has 1 aromatic carbocycles. The van der Waals surface area contributed by atoms with E-state index in [9.17, 15) is 4.79 Å². The molecular formula is C20H18N4O2. The first-order chi connectivity index (χ1) is 12.8. The fourth-order valence-corrected chi connectivity index (χ4v) is 3.69. The number of aromatic amines is 2. The van der Waals surface area contributed by atoms with Gasteiger partial charge < -0.3 is 14.4 Å². The van der Waals surface area contributed by atoms with Crippen molar-refractivity contribution in [2.75, 3.05) is 6.54 Å². The largest absolute Gasteiger partial charge is 0.461 e. The molecule has 6 nitrogen and oxygen atoms in total. The van der Waals surface area contributed by atoms with Crippen LogP contribution in [-0.4, -0.2) is 26.4 Å². The molecule has 1 aliphatic rings. The Bertz CT molecular complexity index is 1120. The van der Waals surface area contributed by atoms with Crippen molar-refractivity contribution in [3.63, 3.8) is 0 Å². The van der Waals surface area contributed by atoms with Gasteiger partial charge in [-0.2, -0.15) is 0 Å². The standard InChI is InChI=1S/C20H18N4O2/c25-20-15-7-9-24(11-13-3-1-4-16-14(13)6-8-21-16)12-17(15)22-19(23-20)18-5-2-10-26-18/h1-6,8,10,21H,7,9,11-12H2,(H,22,23,25). The Morgan fingerprint density at radius 2 is 2.15 bits per heavy atom. The van der Waals surface area contributed by atoms with E-state index in [0.29, 0.717) is 24.6 Å². The van der Waals surface area contributed by atoms with Gasteiger partial charge in [0.25, 0.3) is 5.56 Å². The molecule has 1 aliphatic heterocycles. The van der Waals surface area contributed by atoms with E-state index in [4.69, 9.17) is 4.42 Å². The van der Waals surface area contributed by atoms with Gasteiger partial charge in [0.05, 0.1) is 12.0 Å². The highest BCUT2D eigenvalue weighted by Crippen LogP contribution is 2.23. The molecule has 4 heterocycles. The molecule has 3 aromatic heterocycles. The average molecular weight is 346 g/mol. The molecule has 5 rings (SSSR count). The van der Waals surface area contributed by atoms with Crippen LogP contribution >= 0.6 is 0 Å². The number of hydrogen-bond acceptors (Lipinski definition) is 4. The number of fused-ring (bicyclic) bond motifs is 2. The summed E-state index contributed by atoms with van der Waals surface area (Å²) in [5, 5.41) is 1.24. The number of benzene rings is 1. The molecule has 0 fully saturated rings. The molecule has 6 heteroatoms. The number of H-pyrrole nitrogens is 2. The van der Waals surface area contributed by atoms with Crippen LogP contribution in [0, 0.1) is 0 Å². The summed E-state index contributed by atoms with van der Waals surface area (Å²) < 4.78 is 5.38. The van der Waals surface area contributed by atoms with Gasteiger partial charge in [0.1, 0.15) is 0 Å². The Kier molecular flexibility index (Phi) is 3.50. The van der Waals surface area contributed by atoms with Gasteiger partial charge in [-0.3, -0.25) is 9.69 Å². The van der Waals surface area contributed by atoms with Crippen molar-refractivity contribution in [3.05, 3.63) is 76.0 Å². The molecule has 0 saturated heterocycles. The summed E-state index contributed by atoms with van der Waals surface area (Å²) in [4.78, 5) is 25.5. The van der Waals surface area contributed by atoms with E-state index in [1.54, 1.807) is 18.4 Å². The Morgan fingerprint density at radius 3 is 3.04 bits per heavy atom. The molecule has 4 aromatic rings. The Balaban J connectivity index is 1.46. The number of aromatic nitrogens is 3. The summed E-state index contributed by atoms with van der Waals surface area (Å²) in [6.07, 6.45) is 4.26. The van der Waals surface area contributed by atoms with Crippen molar-refractivity contribution in [3.8, 4) is 11.6 Å². The van der Waals surface area contributed by atoms with E-state index in [2.05, 4.69) is 44.1 Å². The quantitative estimate of drug-likeness (QED) is 0.598. The Morgan fingerprint density at radius 1 is 1.19 bits per heavy atom. The van der Waals surface area contributed by atoms with Crippen molar-refractivity contribution < 1.29 is 4.42 Å². The van der Waals surface area contributed by atoms with Crippen molar-refractivity contribution in [1.29, 1.82) is 0 Å². The monoisotopic (exact) mass is 346 g/mol. The van der Waals surface area contributed by atoms with Gasteiger partial charge in [-0.15, -0.1) is 0 Å². The first kappa shape index (κ1) is 15.2. The van der Waals surface area contributed by atoms with Crippen LogP contribution in [0.15, 0.2) is 58.1 Å². The van der Waals surface area contributed by atoms with E-state index < -0.39 is 0 Å². The second kappa shape index (κ2) is 6.00. The lowest BCUT2D eigenvalue weighted by Gasteiger charge is -2.27. The summed E-state index contributed by atoms with van der Waals surface area (Å²) in [7, 11) is 0. The lowest BCUT2D eigenvalue weighted by molar-refractivity contribution is 0.241. The highest BCUT2D eigenvalue weighted by atomic mass is 16.3. The molecule has 0 saturated carbocycles. The lowest BCUT2D eigenvalue weighted by Crippen LogP contribution is -2.35. The minimum absolute atomic E-state index is 0.0613. The molecule has 0 radical (unpaired) electrons. The second-order valence-corrected chi connectivity index (χ2v) is 6.63. The summed E-state index contributed by atoms with van der Waals surface area (Å²) in [6, 6.07) is 12.0. The van der Waals surface area contributed by atoms with Crippen LogP contribution < -0.4 is 5.56 Å². The number of nitrogens with zero attached hydrogens (tertiary/aromatic N) is 2. The summed E-state index contributed by atoms with van der Waals surface area (Å²) in [6.45, 7) is 2.34. The zero-order valence-corrected chi connectivity index (χ0v) is 14.2. The van der Waals surface area contributed by atoms with Gasteiger partial charge in [0.15, 0.2) is 11.6 Å². The summed E-state index contributed by atoms with van der Waals surface area (Å²) in [5.41, 5.74) is 4.00. The van der Waals surface area contributed by atoms with Gasteiger partial charge in [-0.1, -0.05) is 12.1 Å². The third-order valence-electron chi connectivity index (χ3n) is 4.99. The summed E-state index contributed by atoms with van der Waals surface area (Å²) >= 11 is 0. The molecule has 130 valence electrons. The fraction of sp³-hybridized carbons (Fsp3) is 0.200. The van der Waals surface area contributed by atoms with Crippen LogP contribution in [0.1, 0.15) is 16.8 Å². The fourth-order valence-electron chi connectivity index (χ4n) is 3.69. The molecule has 0 amide bonds. The minimum Gasteiger partial charge on any atom is -0.461 e. The molecule has 0 bridgehead atoms. The van der Waals surface area contributed by atoms with Crippen LogP contribution in [0.3, 0.4) is 0 Å². The zero-order valence-electron chi connectivity index (χ0n) is 14.2. The number of furan rings is 1. The van der Waals surface area contributed by atoms with Gasteiger partial charge in [-0.05, 0) is 36.2 Å². The number of nitrogens with one attached hydrogen (secondary N) is 2. The van der Waals surface area contributed by atoms with Crippen molar-refractivity contribution in [2.45, 2.75) is 19.5 Å². The van der Waals surface area contributed by atoms with Crippen molar-refractivity contribution in [1.82, 2.24) is 19.9 Å². The smallest absolute Gasteiger partial charge is 0.254 e. The molecule has 0 atom stereocenters. The van der Waals surface area contributed by atoms with Gasteiger partial charge >= 0.3 is 0 Å². The van der Waals surface area contributed by atoms with Crippen LogP contribution in [0.2, 0.25) is 0 Å². The highest BCUT2D eigenvalue weighted by molar-refractivity contribution is 5.82. The van der Waals surface area contributed by atoms with Crippen molar-refractivity contribution >= 4 is 10.9 Å². The Labute approximate surface area is 149 Å². The molecular weight excluding hydrogens is 328 g/mol. The molecule has 0 unspecified atom stereocenters. The van der Waals surface area contributed by atoms with E-state index in [0.717, 1.165) is 29.9 Å². The lowest BCUT2D eigenvalue weighted by atomic mass is 10.0. The average Bonchev–Trinajstić information content (AvgIpc) is 3.34. The molecule has 0 aliphatic carbocycles. The maximum absolute atomic E-state index is 12.4. The second-order valence-electron chi connectivity index (χ2n) is 6.63. The van der Waals surface area contributed by atoms with Crippen LogP contribution in [0.4, 0.5) is 0 Å². The topological polar surface area (TPSA) is 77.9 Å². The first-order valence-electron chi connectivity index (χ1n) is 8.71. The van der Waals surface area contributed by atoms with E-state index in [1.165, 1.54) is 10.9 Å².